The zero-order valence-electron chi connectivity index (χ0n) is 21.6. The van der Waals surface area contributed by atoms with E-state index in [1.54, 1.807) is 0 Å². The lowest BCUT2D eigenvalue weighted by atomic mass is 10.0. The van der Waals surface area contributed by atoms with Crippen molar-refractivity contribution < 1.29 is 61.3 Å². The number of β-lactam (4-membered cyclic amide) rings is 1. The van der Waals surface area contributed by atoms with E-state index < -0.39 is 71.8 Å². The first kappa shape index (κ1) is 32.2. The Bertz CT molecular complexity index is 1350. The number of rotatable bonds is 11. The van der Waals surface area contributed by atoms with Crippen LogP contribution in [-0.4, -0.2) is 93.5 Å². The lowest BCUT2D eigenvalue weighted by molar-refractivity contribution is -0.168. The van der Waals surface area contributed by atoms with Gasteiger partial charge < -0.3 is 35.2 Å². The normalized spacial score (nSPS) is 19.5. The number of allylic oxidation sites excluding steroid dienone is 2. The van der Waals surface area contributed by atoms with Gasteiger partial charge in [-0.15, -0.1) is 23.1 Å². The monoisotopic (exact) mass is 637 g/mol. The fourth-order valence-corrected chi connectivity index (χ4v) is 5.30. The number of carbonyl (C=O) groups is 5. The van der Waals surface area contributed by atoms with Gasteiger partial charge in [0.2, 0.25) is 12.9 Å². The Labute approximate surface area is 242 Å². The van der Waals surface area contributed by atoms with E-state index in [-0.39, 0.29) is 34.8 Å². The summed E-state index contributed by atoms with van der Waals surface area (Å²) in [5.74, 6) is -4.79. The highest BCUT2D eigenvalue weighted by Gasteiger charge is 2.54. The summed E-state index contributed by atoms with van der Waals surface area (Å²) in [7, 11) is 0. The number of amides is 2. The van der Waals surface area contributed by atoms with E-state index >= 15 is 0 Å². The molecule has 0 radical (unpaired) electrons. The second kappa shape index (κ2) is 13.6. The van der Waals surface area contributed by atoms with E-state index in [2.05, 4.69) is 25.0 Å². The molecule has 2 aliphatic rings. The van der Waals surface area contributed by atoms with Crippen LogP contribution < -0.4 is 11.1 Å². The van der Waals surface area contributed by atoms with Gasteiger partial charge in [0.1, 0.15) is 22.8 Å². The molecule has 20 heteroatoms. The van der Waals surface area contributed by atoms with Crippen LogP contribution >= 0.6 is 23.1 Å². The van der Waals surface area contributed by atoms with Crippen molar-refractivity contribution in [3.8, 4) is 0 Å². The number of carbonyl (C=O) groups excluding carboxylic acids is 4. The first-order valence-electron chi connectivity index (χ1n) is 11.6. The van der Waals surface area contributed by atoms with Crippen LogP contribution in [0.25, 0.3) is 0 Å². The van der Waals surface area contributed by atoms with Crippen LogP contribution in [0.5, 0.6) is 0 Å². The summed E-state index contributed by atoms with van der Waals surface area (Å²) in [5, 5.41) is 15.0. The number of thioether (sulfide) groups is 1. The molecule has 15 nitrogen and oxygen atoms in total. The molecule has 0 bridgehead atoms. The van der Waals surface area contributed by atoms with Crippen molar-refractivity contribution in [2.24, 2.45) is 5.16 Å². The molecule has 1 aromatic heterocycles. The van der Waals surface area contributed by atoms with E-state index in [1.165, 1.54) is 12.3 Å². The molecule has 1 fully saturated rings. The standard InChI is InChI=1S/C22H22F3N5O10S2/c1-3-37-21(36)40-9(2)39-19(35)15-10(4-5-22(23,24)25)7-41-18-14(17(34)30(15)18)28-16(33)13(29-38-6-12(31)32)11-8-42-20(26)27-11/h4-5,8-9,14,18H,3,6-7H2,1-2H3,(H2,26,27)(H,28,33)(H,31,32)/t9?,14?,18-/m1/s1. The highest BCUT2D eigenvalue weighted by atomic mass is 32.2. The molecule has 4 N–H and O–H groups in total. The molecule has 2 aliphatic heterocycles. The molecular formula is C22H22F3N5O10S2. The number of halogens is 3. The molecule has 1 saturated heterocycles. The number of aliphatic carboxylic acids is 1. The number of carboxylic acid groups (broad SMARTS) is 1. The van der Waals surface area contributed by atoms with E-state index in [1.807, 2.05) is 0 Å². The number of fused-ring (bicyclic) bond motifs is 1. The van der Waals surface area contributed by atoms with Crippen LogP contribution in [0, 0.1) is 0 Å². The number of hydrogen-bond donors (Lipinski definition) is 3. The van der Waals surface area contributed by atoms with E-state index in [0.29, 0.717) is 6.08 Å². The number of nitrogens with one attached hydrogen (secondary N) is 1. The van der Waals surface area contributed by atoms with Crippen LogP contribution in [0.3, 0.4) is 0 Å². The maximum Gasteiger partial charge on any atom is 0.511 e. The number of ether oxygens (including phenoxy) is 3. The number of alkyl halides is 3. The van der Waals surface area contributed by atoms with Gasteiger partial charge in [-0.05, 0) is 12.5 Å². The lowest BCUT2D eigenvalue weighted by Gasteiger charge is -2.49. The molecule has 3 atom stereocenters. The highest BCUT2D eigenvalue weighted by Crippen LogP contribution is 2.41. The smallest absolute Gasteiger partial charge is 0.479 e. The van der Waals surface area contributed by atoms with Gasteiger partial charge in [-0.1, -0.05) is 11.2 Å². The quantitative estimate of drug-likeness (QED) is 0.103. The van der Waals surface area contributed by atoms with Gasteiger partial charge in [-0.25, -0.2) is 19.4 Å². The fourth-order valence-electron chi connectivity index (χ4n) is 3.44. The molecule has 0 aromatic carbocycles. The number of oxime groups is 1. The van der Waals surface area contributed by atoms with Crippen molar-refractivity contribution in [2.75, 3.05) is 24.7 Å². The van der Waals surface area contributed by atoms with Crippen molar-refractivity contribution in [2.45, 2.75) is 37.7 Å². The Morgan fingerprint density at radius 3 is 2.64 bits per heavy atom. The van der Waals surface area contributed by atoms with Gasteiger partial charge in [-0.3, -0.25) is 14.5 Å². The third-order valence-electron chi connectivity index (χ3n) is 5.07. The van der Waals surface area contributed by atoms with E-state index in [4.69, 9.17) is 20.3 Å². The molecule has 3 rings (SSSR count). The molecule has 2 amide bonds. The molecule has 2 unspecified atom stereocenters. The summed E-state index contributed by atoms with van der Waals surface area (Å²) in [6, 6.07) is -1.30. The summed E-state index contributed by atoms with van der Waals surface area (Å²) in [6.45, 7) is 1.71. The number of nitrogens with two attached hydrogens (primary N) is 1. The number of thiazole rings is 1. The van der Waals surface area contributed by atoms with E-state index in [9.17, 15) is 37.1 Å². The second-order valence-electron chi connectivity index (χ2n) is 8.06. The van der Waals surface area contributed by atoms with Gasteiger partial charge in [0.05, 0.1) is 6.61 Å². The predicted octanol–water partition coefficient (Wildman–Crippen LogP) is 1.37. The number of aromatic nitrogens is 1. The Hall–Kier alpha value is -4.33. The van der Waals surface area contributed by atoms with Gasteiger partial charge in [0.25, 0.3) is 11.8 Å². The molecule has 3 heterocycles. The minimum atomic E-state index is -4.74. The third kappa shape index (κ3) is 8.12. The van der Waals surface area contributed by atoms with E-state index in [0.717, 1.165) is 34.9 Å². The topological polar surface area (TPSA) is 209 Å². The number of nitrogens with zero attached hydrogens (tertiary/aromatic N) is 3. The molecule has 0 saturated carbocycles. The average molecular weight is 638 g/mol. The van der Waals surface area contributed by atoms with Crippen LogP contribution in [0.1, 0.15) is 19.5 Å². The van der Waals surface area contributed by atoms with Gasteiger partial charge in [0.15, 0.2) is 10.8 Å². The molecule has 0 aliphatic carbocycles. The summed E-state index contributed by atoms with van der Waals surface area (Å²) in [4.78, 5) is 70.8. The Morgan fingerprint density at radius 2 is 2.05 bits per heavy atom. The molecule has 228 valence electrons. The number of carboxylic acids is 1. The number of esters is 1. The van der Waals surface area contributed by atoms with Crippen molar-refractivity contribution in [1.82, 2.24) is 15.2 Å². The minimum Gasteiger partial charge on any atom is -0.479 e. The Morgan fingerprint density at radius 1 is 1.33 bits per heavy atom. The van der Waals surface area contributed by atoms with Crippen molar-refractivity contribution in [3.05, 3.63) is 34.5 Å². The predicted molar refractivity (Wildman–Crippen MR) is 138 cm³/mol. The van der Waals surface area contributed by atoms with Crippen molar-refractivity contribution >= 4 is 63.9 Å². The fraction of sp³-hybridized carbons (Fsp3) is 0.409. The molecule has 42 heavy (non-hydrogen) atoms. The Balaban J connectivity index is 1.84. The van der Waals surface area contributed by atoms with Crippen LogP contribution in [0.15, 0.2) is 34.0 Å². The van der Waals surface area contributed by atoms with Crippen LogP contribution in [0.4, 0.5) is 23.1 Å². The van der Waals surface area contributed by atoms with Gasteiger partial charge in [-0.2, -0.15) is 13.2 Å². The van der Waals surface area contributed by atoms with Crippen LogP contribution in [0.2, 0.25) is 0 Å². The Kier molecular flexibility index (Phi) is 10.4. The third-order valence-corrected chi connectivity index (χ3v) is 7.05. The second-order valence-corrected chi connectivity index (χ2v) is 10.1. The maximum atomic E-state index is 13.1. The summed E-state index contributed by atoms with van der Waals surface area (Å²) < 4.78 is 53.0. The maximum absolute atomic E-state index is 13.1. The number of nitrogen functional groups attached to an aromatic ring is 1. The van der Waals surface area contributed by atoms with Gasteiger partial charge >= 0.3 is 24.3 Å². The summed E-state index contributed by atoms with van der Waals surface area (Å²) in [5.41, 5.74) is 4.22. The zero-order chi connectivity index (χ0) is 31.2. The lowest BCUT2D eigenvalue weighted by Crippen LogP contribution is -2.71. The molecular weight excluding hydrogens is 615 g/mol. The first-order valence-corrected chi connectivity index (χ1v) is 13.6. The summed E-state index contributed by atoms with van der Waals surface area (Å²) >= 11 is 1.87. The SMILES string of the molecule is CCOC(=O)OC(C)OC(=O)C1=C(C=CC(F)(F)F)CS[C@@H]2C(NC(=O)C(=NOCC(=O)O)c3csc(N)n3)C(=O)N12. The number of hydrogen-bond acceptors (Lipinski definition) is 14. The largest absolute Gasteiger partial charge is 0.511 e. The first-order chi connectivity index (χ1) is 19.7. The summed E-state index contributed by atoms with van der Waals surface area (Å²) in [6.07, 6.45) is -6.97. The van der Waals surface area contributed by atoms with Crippen molar-refractivity contribution in [3.63, 3.8) is 0 Å². The zero-order valence-corrected chi connectivity index (χ0v) is 23.2. The number of anilines is 1. The highest BCUT2D eigenvalue weighted by molar-refractivity contribution is 8.00. The van der Waals surface area contributed by atoms with Crippen molar-refractivity contribution in [1.29, 1.82) is 0 Å². The minimum absolute atomic E-state index is 0.0424. The average Bonchev–Trinajstić information content (AvgIpc) is 3.32. The van der Waals surface area contributed by atoms with Gasteiger partial charge in [0, 0.05) is 24.1 Å². The molecule has 0 spiro atoms. The van der Waals surface area contributed by atoms with Crippen LogP contribution in [-0.2, 0) is 38.2 Å². The molecule has 1 aromatic rings.